The monoisotopic (exact) mass is 405 g/mol. The second-order valence-corrected chi connectivity index (χ2v) is 6.76. The molecule has 0 radical (unpaired) electrons. The van der Waals surface area contributed by atoms with E-state index in [0.717, 1.165) is 18.4 Å². The normalized spacial score (nSPS) is 16.9. The van der Waals surface area contributed by atoms with Gasteiger partial charge in [0.05, 0.1) is 6.20 Å². The van der Waals surface area contributed by atoms with Crippen molar-refractivity contribution in [2.24, 2.45) is 0 Å². The summed E-state index contributed by atoms with van der Waals surface area (Å²) in [4.78, 5) is 18.7. The standard InChI is InChI=1S/C19H18F3N5O2/c20-19(21,22)29-15-6-4-13(5-7-15)11-14-3-1-9-26(14)18(28)25-16-12-24-27-10-2-8-23-17(16)27/h2,4-8,10,12,14H,1,3,9,11H2,(H,25,28). The number of alkyl halides is 3. The van der Waals surface area contributed by atoms with Crippen LogP contribution in [0.2, 0.25) is 0 Å². The van der Waals surface area contributed by atoms with E-state index in [1.54, 1.807) is 46.2 Å². The molecule has 0 aliphatic carbocycles. The van der Waals surface area contributed by atoms with E-state index in [2.05, 4.69) is 20.1 Å². The van der Waals surface area contributed by atoms with Gasteiger partial charge in [0, 0.05) is 25.0 Å². The first kappa shape index (κ1) is 19.0. The van der Waals surface area contributed by atoms with Crippen molar-refractivity contribution in [1.29, 1.82) is 0 Å². The van der Waals surface area contributed by atoms with Crippen LogP contribution >= 0.6 is 0 Å². The van der Waals surface area contributed by atoms with Crippen LogP contribution in [0, 0.1) is 0 Å². The molecule has 2 amide bonds. The molecule has 1 aromatic carbocycles. The number of carbonyl (C=O) groups is 1. The van der Waals surface area contributed by atoms with Gasteiger partial charge in [0.2, 0.25) is 0 Å². The van der Waals surface area contributed by atoms with Gasteiger partial charge >= 0.3 is 12.4 Å². The van der Waals surface area contributed by atoms with E-state index in [4.69, 9.17) is 0 Å². The maximum Gasteiger partial charge on any atom is 0.573 e. The minimum atomic E-state index is -4.71. The molecular weight excluding hydrogens is 387 g/mol. The van der Waals surface area contributed by atoms with Gasteiger partial charge in [-0.25, -0.2) is 14.3 Å². The first-order valence-electron chi connectivity index (χ1n) is 9.10. The Morgan fingerprint density at radius 2 is 2.07 bits per heavy atom. The fourth-order valence-electron chi connectivity index (χ4n) is 3.52. The predicted molar refractivity (Wildman–Crippen MR) is 98.6 cm³/mol. The molecule has 4 rings (SSSR count). The second kappa shape index (κ2) is 7.61. The highest BCUT2D eigenvalue weighted by Crippen LogP contribution is 2.26. The SMILES string of the molecule is O=C(Nc1cnn2cccnc12)N1CCCC1Cc1ccc(OC(F)(F)F)cc1. The molecule has 0 saturated carbocycles. The highest BCUT2D eigenvalue weighted by Gasteiger charge is 2.31. The third-order valence-corrected chi connectivity index (χ3v) is 4.79. The summed E-state index contributed by atoms with van der Waals surface area (Å²) in [7, 11) is 0. The number of likely N-dealkylation sites (tertiary alicyclic amines) is 1. The van der Waals surface area contributed by atoms with Crippen molar-refractivity contribution in [2.45, 2.75) is 31.7 Å². The van der Waals surface area contributed by atoms with Crippen LogP contribution in [0.1, 0.15) is 18.4 Å². The number of fused-ring (bicyclic) bond motifs is 1. The van der Waals surface area contributed by atoms with Crippen LogP contribution in [0.4, 0.5) is 23.7 Å². The summed E-state index contributed by atoms with van der Waals surface area (Å²) in [5, 5.41) is 7.00. The van der Waals surface area contributed by atoms with Crippen LogP contribution in [0.5, 0.6) is 5.75 Å². The Balaban J connectivity index is 1.41. The van der Waals surface area contributed by atoms with Gasteiger partial charge in [-0.1, -0.05) is 12.1 Å². The van der Waals surface area contributed by atoms with Crippen LogP contribution < -0.4 is 10.1 Å². The molecule has 152 valence electrons. The highest BCUT2D eigenvalue weighted by molar-refractivity contribution is 5.93. The van der Waals surface area contributed by atoms with Crippen molar-refractivity contribution in [2.75, 3.05) is 11.9 Å². The molecule has 1 saturated heterocycles. The smallest absolute Gasteiger partial charge is 0.406 e. The Hall–Kier alpha value is -3.30. The van der Waals surface area contributed by atoms with Crippen LogP contribution in [-0.2, 0) is 6.42 Å². The molecule has 3 aromatic rings. The number of rotatable bonds is 4. The summed E-state index contributed by atoms with van der Waals surface area (Å²) in [6.45, 7) is 0.610. The third kappa shape index (κ3) is 4.41. The minimum absolute atomic E-state index is 0.0424. The van der Waals surface area contributed by atoms with Crippen molar-refractivity contribution in [1.82, 2.24) is 19.5 Å². The van der Waals surface area contributed by atoms with Crippen LogP contribution in [-0.4, -0.2) is 44.5 Å². The summed E-state index contributed by atoms with van der Waals surface area (Å²) in [6, 6.07) is 7.20. The van der Waals surface area contributed by atoms with Gasteiger partial charge in [-0.15, -0.1) is 13.2 Å². The quantitative estimate of drug-likeness (QED) is 0.715. The van der Waals surface area contributed by atoms with E-state index in [9.17, 15) is 18.0 Å². The second-order valence-electron chi connectivity index (χ2n) is 6.76. The number of halogens is 3. The third-order valence-electron chi connectivity index (χ3n) is 4.79. The van der Waals surface area contributed by atoms with Gasteiger partial charge in [0.25, 0.3) is 0 Å². The number of benzene rings is 1. The number of anilines is 1. The average Bonchev–Trinajstić information content (AvgIpc) is 3.30. The molecule has 10 heteroatoms. The number of hydrogen-bond donors (Lipinski definition) is 1. The van der Waals surface area contributed by atoms with E-state index in [1.165, 1.54) is 12.1 Å². The number of aromatic nitrogens is 3. The highest BCUT2D eigenvalue weighted by atomic mass is 19.4. The van der Waals surface area contributed by atoms with Crippen LogP contribution in [0.25, 0.3) is 5.65 Å². The van der Waals surface area contributed by atoms with Gasteiger partial charge in [0.15, 0.2) is 5.65 Å². The molecule has 1 aliphatic heterocycles. The lowest BCUT2D eigenvalue weighted by Gasteiger charge is -2.25. The molecule has 1 fully saturated rings. The Morgan fingerprint density at radius 3 is 2.83 bits per heavy atom. The van der Waals surface area contributed by atoms with Crippen molar-refractivity contribution >= 4 is 17.4 Å². The van der Waals surface area contributed by atoms with Gasteiger partial charge in [-0.2, -0.15) is 5.10 Å². The van der Waals surface area contributed by atoms with E-state index in [0.29, 0.717) is 24.3 Å². The van der Waals surface area contributed by atoms with Gasteiger partial charge in [-0.05, 0) is 43.0 Å². The number of amides is 2. The van der Waals surface area contributed by atoms with Crippen LogP contribution in [0.15, 0.2) is 48.9 Å². The van der Waals surface area contributed by atoms with E-state index >= 15 is 0 Å². The lowest BCUT2D eigenvalue weighted by Crippen LogP contribution is -2.39. The number of nitrogens with one attached hydrogen (secondary N) is 1. The molecule has 2 aromatic heterocycles. The predicted octanol–water partition coefficient (Wildman–Crippen LogP) is 3.87. The maximum atomic E-state index is 12.8. The topological polar surface area (TPSA) is 71.8 Å². The summed E-state index contributed by atoms with van der Waals surface area (Å²) < 4.78 is 42.3. The summed E-state index contributed by atoms with van der Waals surface area (Å²) in [6.07, 6.45) is 2.42. The zero-order chi connectivity index (χ0) is 20.4. The largest absolute Gasteiger partial charge is 0.573 e. The number of urea groups is 1. The summed E-state index contributed by atoms with van der Waals surface area (Å²) in [5.41, 5.74) is 1.91. The number of nitrogens with zero attached hydrogens (tertiary/aromatic N) is 4. The minimum Gasteiger partial charge on any atom is -0.406 e. The first-order valence-corrected chi connectivity index (χ1v) is 9.10. The van der Waals surface area contributed by atoms with Crippen LogP contribution in [0.3, 0.4) is 0 Å². The molecule has 1 atom stereocenters. The lowest BCUT2D eigenvalue weighted by molar-refractivity contribution is -0.274. The Morgan fingerprint density at radius 1 is 1.28 bits per heavy atom. The van der Waals surface area contributed by atoms with E-state index < -0.39 is 6.36 Å². The molecule has 7 nitrogen and oxygen atoms in total. The zero-order valence-electron chi connectivity index (χ0n) is 15.3. The fraction of sp³-hybridized carbons (Fsp3) is 0.316. The first-order chi connectivity index (χ1) is 13.9. The Bertz CT molecular complexity index is 1000. The molecule has 3 heterocycles. The lowest BCUT2D eigenvalue weighted by atomic mass is 10.0. The Kier molecular flexibility index (Phi) is 4.99. The molecule has 1 N–H and O–H groups in total. The molecule has 29 heavy (non-hydrogen) atoms. The van der Waals surface area contributed by atoms with Gasteiger partial charge < -0.3 is 15.0 Å². The molecule has 0 bridgehead atoms. The van der Waals surface area contributed by atoms with Crippen molar-refractivity contribution in [3.63, 3.8) is 0 Å². The molecule has 1 unspecified atom stereocenters. The summed E-state index contributed by atoms with van der Waals surface area (Å²) >= 11 is 0. The Labute approximate surface area is 164 Å². The van der Waals surface area contributed by atoms with Gasteiger partial charge in [0.1, 0.15) is 11.4 Å². The fourth-order valence-corrected chi connectivity index (χ4v) is 3.52. The van der Waals surface area contributed by atoms with Crippen molar-refractivity contribution in [3.8, 4) is 5.75 Å². The maximum absolute atomic E-state index is 12.8. The van der Waals surface area contributed by atoms with E-state index in [-0.39, 0.29) is 17.8 Å². The number of ether oxygens (including phenoxy) is 1. The van der Waals surface area contributed by atoms with E-state index in [1.807, 2.05) is 0 Å². The average molecular weight is 405 g/mol. The number of carbonyl (C=O) groups excluding carboxylic acids is 1. The van der Waals surface area contributed by atoms with Crippen molar-refractivity contribution in [3.05, 3.63) is 54.5 Å². The summed E-state index contributed by atoms with van der Waals surface area (Å²) in [5.74, 6) is -0.261. The number of hydrogen-bond acceptors (Lipinski definition) is 4. The molecule has 1 aliphatic rings. The van der Waals surface area contributed by atoms with Gasteiger partial charge in [-0.3, -0.25) is 0 Å². The molecule has 0 spiro atoms. The molecular formula is C19H18F3N5O2. The zero-order valence-corrected chi connectivity index (χ0v) is 15.3. The van der Waals surface area contributed by atoms with Crippen molar-refractivity contribution < 1.29 is 22.7 Å².